The highest BCUT2D eigenvalue weighted by Gasteiger charge is 2.06. The number of hydrogen-bond acceptors (Lipinski definition) is 3. The van der Waals surface area contributed by atoms with E-state index in [0.717, 1.165) is 30.4 Å². The van der Waals surface area contributed by atoms with Crippen LogP contribution in [0.1, 0.15) is 5.56 Å². The molecule has 20 heavy (non-hydrogen) atoms. The maximum Gasteiger partial charge on any atom is 0.195 e. The molecule has 1 aromatic carbocycles. The van der Waals surface area contributed by atoms with E-state index in [1.54, 1.807) is 14.2 Å². The highest BCUT2D eigenvalue weighted by atomic mass is 16.5. The van der Waals surface area contributed by atoms with Gasteiger partial charge in [0.05, 0.1) is 14.2 Å². The lowest BCUT2D eigenvalue weighted by Crippen LogP contribution is -2.35. The zero-order valence-electron chi connectivity index (χ0n) is 13.3. The summed E-state index contributed by atoms with van der Waals surface area (Å²) in [5, 5.41) is 0. The molecule has 0 spiro atoms. The van der Waals surface area contributed by atoms with Gasteiger partial charge in [-0.05, 0) is 24.1 Å². The Morgan fingerprint density at radius 3 is 2.10 bits per heavy atom. The minimum atomic E-state index is 0.737. The number of methoxy groups -OCH3 is 2. The van der Waals surface area contributed by atoms with Gasteiger partial charge in [0, 0.05) is 34.7 Å². The summed E-state index contributed by atoms with van der Waals surface area (Å²) in [5.41, 5.74) is 1.18. The Bertz CT molecular complexity index is 446. The zero-order valence-corrected chi connectivity index (χ0v) is 13.3. The molecular weight excluding hydrogens is 254 g/mol. The molecule has 0 saturated heterocycles. The minimum Gasteiger partial charge on any atom is -0.493 e. The highest BCUT2D eigenvalue weighted by Crippen LogP contribution is 2.27. The smallest absolute Gasteiger partial charge is 0.195 e. The van der Waals surface area contributed by atoms with E-state index in [-0.39, 0.29) is 0 Å². The molecule has 0 N–H and O–H groups in total. The Morgan fingerprint density at radius 1 is 1.00 bits per heavy atom. The van der Waals surface area contributed by atoms with Gasteiger partial charge in [0.25, 0.3) is 0 Å². The number of ether oxygens (including phenoxy) is 2. The number of guanidine groups is 1. The van der Waals surface area contributed by atoms with E-state index < -0.39 is 0 Å². The lowest BCUT2D eigenvalue weighted by atomic mass is 10.1. The molecule has 5 heteroatoms. The number of aliphatic imine (C=N–C) groups is 1. The third-order valence-electron chi connectivity index (χ3n) is 2.90. The summed E-state index contributed by atoms with van der Waals surface area (Å²) in [7, 11) is 11.3. The third-order valence-corrected chi connectivity index (χ3v) is 2.90. The van der Waals surface area contributed by atoms with Crippen molar-refractivity contribution in [2.75, 3.05) is 49.0 Å². The van der Waals surface area contributed by atoms with Gasteiger partial charge in [-0.15, -0.1) is 0 Å². The number of benzene rings is 1. The fraction of sp³-hybridized carbons (Fsp3) is 0.533. The van der Waals surface area contributed by atoms with Crippen LogP contribution < -0.4 is 9.47 Å². The topological polar surface area (TPSA) is 37.3 Å². The summed E-state index contributed by atoms with van der Waals surface area (Å²) in [6.07, 6.45) is 0.867. The van der Waals surface area contributed by atoms with Crippen LogP contribution in [0.3, 0.4) is 0 Å². The fourth-order valence-electron chi connectivity index (χ4n) is 2.00. The summed E-state index contributed by atoms with van der Waals surface area (Å²) < 4.78 is 10.5. The van der Waals surface area contributed by atoms with Crippen LogP contribution in [0.4, 0.5) is 0 Å². The summed E-state index contributed by atoms with van der Waals surface area (Å²) in [6.45, 7) is 0.737. The van der Waals surface area contributed by atoms with Gasteiger partial charge in [0.1, 0.15) is 0 Å². The molecule has 1 rings (SSSR count). The number of rotatable bonds is 5. The van der Waals surface area contributed by atoms with Gasteiger partial charge in [0.2, 0.25) is 0 Å². The molecule has 0 aliphatic carbocycles. The van der Waals surface area contributed by atoms with E-state index in [9.17, 15) is 0 Å². The fourth-order valence-corrected chi connectivity index (χ4v) is 2.00. The van der Waals surface area contributed by atoms with E-state index in [0.29, 0.717) is 0 Å². The highest BCUT2D eigenvalue weighted by molar-refractivity contribution is 5.79. The molecule has 0 heterocycles. The Balaban J connectivity index is 2.73. The molecule has 0 unspecified atom stereocenters. The third kappa shape index (κ3) is 4.33. The maximum absolute atomic E-state index is 5.30. The molecule has 0 amide bonds. The average Bonchev–Trinajstić information content (AvgIpc) is 2.42. The molecule has 5 nitrogen and oxygen atoms in total. The summed E-state index contributed by atoms with van der Waals surface area (Å²) in [6, 6.07) is 5.97. The first kappa shape index (κ1) is 16.1. The second-order valence-electron chi connectivity index (χ2n) is 4.91. The molecule has 0 radical (unpaired) electrons. The van der Waals surface area contributed by atoms with E-state index in [4.69, 9.17) is 9.47 Å². The first-order valence-corrected chi connectivity index (χ1v) is 6.59. The standard InChI is InChI=1S/C15H25N3O2/c1-17(2)15(18(3)4)16-10-9-12-7-8-13(19-5)14(11-12)20-6/h7-8,11H,9-10H2,1-6H3. The Morgan fingerprint density at radius 2 is 1.60 bits per heavy atom. The van der Waals surface area contributed by atoms with Gasteiger partial charge < -0.3 is 19.3 Å². The van der Waals surface area contributed by atoms with Crippen molar-refractivity contribution in [3.05, 3.63) is 23.8 Å². The predicted molar refractivity (Wildman–Crippen MR) is 82.9 cm³/mol. The van der Waals surface area contributed by atoms with Crippen LogP contribution in [0.2, 0.25) is 0 Å². The molecule has 1 aromatic rings. The van der Waals surface area contributed by atoms with Crippen LogP contribution >= 0.6 is 0 Å². The first-order valence-electron chi connectivity index (χ1n) is 6.59. The van der Waals surface area contributed by atoms with Crippen molar-refractivity contribution in [1.82, 2.24) is 9.80 Å². The van der Waals surface area contributed by atoms with Crippen LogP contribution in [0.5, 0.6) is 11.5 Å². The summed E-state index contributed by atoms with van der Waals surface area (Å²) in [5.74, 6) is 2.47. The molecule has 0 atom stereocenters. The van der Waals surface area contributed by atoms with Gasteiger partial charge in [-0.2, -0.15) is 0 Å². The number of hydrogen-bond donors (Lipinski definition) is 0. The van der Waals surface area contributed by atoms with E-state index >= 15 is 0 Å². The van der Waals surface area contributed by atoms with Crippen molar-refractivity contribution in [3.63, 3.8) is 0 Å². The second-order valence-corrected chi connectivity index (χ2v) is 4.91. The molecule has 0 fully saturated rings. The van der Waals surface area contributed by atoms with Gasteiger partial charge in [-0.3, -0.25) is 4.99 Å². The SMILES string of the molecule is COc1ccc(CCN=C(N(C)C)N(C)C)cc1OC. The lowest BCUT2D eigenvalue weighted by molar-refractivity contribution is 0.354. The van der Waals surface area contributed by atoms with E-state index in [1.165, 1.54) is 5.56 Å². The Kier molecular flexibility index (Phi) is 6.15. The van der Waals surface area contributed by atoms with Gasteiger partial charge >= 0.3 is 0 Å². The molecule has 0 bridgehead atoms. The van der Waals surface area contributed by atoms with E-state index in [1.807, 2.05) is 56.2 Å². The lowest BCUT2D eigenvalue weighted by Gasteiger charge is -2.22. The quantitative estimate of drug-likeness (QED) is 0.607. The number of nitrogens with zero attached hydrogens (tertiary/aromatic N) is 3. The van der Waals surface area contributed by atoms with Crippen molar-refractivity contribution in [3.8, 4) is 11.5 Å². The predicted octanol–water partition coefficient (Wildman–Crippen LogP) is 1.73. The summed E-state index contributed by atoms with van der Waals surface area (Å²) >= 11 is 0. The van der Waals surface area contributed by atoms with E-state index in [2.05, 4.69) is 4.99 Å². The van der Waals surface area contributed by atoms with Crippen molar-refractivity contribution in [2.24, 2.45) is 4.99 Å². The van der Waals surface area contributed by atoms with Crippen molar-refractivity contribution in [1.29, 1.82) is 0 Å². The van der Waals surface area contributed by atoms with Crippen molar-refractivity contribution >= 4 is 5.96 Å². The Labute approximate surface area is 121 Å². The van der Waals surface area contributed by atoms with Crippen LogP contribution in [-0.4, -0.2) is 64.7 Å². The Hall–Kier alpha value is -1.91. The monoisotopic (exact) mass is 279 g/mol. The largest absolute Gasteiger partial charge is 0.493 e. The normalized spacial score (nSPS) is 9.90. The van der Waals surface area contributed by atoms with Crippen LogP contribution in [-0.2, 0) is 6.42 Å². The zero-order chi connectivity index (χ0) is 15.1. The average molecular weight is 279 g/mol. The van der Waals surface area contributed by atoms with Gasteiger partial charge in [0.15, 0.2) is 17.5 Å². The molecule has 0 aliphatic heterocycles. The van der Waals surface area contributed by atoms with Gasteiger partial charge in [-0.1, -0.05) is 6.07 Å². The second kappa shape index (κ2) is 7.62. The van der Waals surface area contributed by atoms with Crippen LogP contribution in [0.25, 0.3) is 0 Å². The summed E-state index contributed by atoms with van der Waals surface area (Å²) in [4.78, 5) is 8.63. The van der Waals surface area contributed by atoms with Crippen molar-refractivity contribution < 1.29 is 9.47 Å². The van der Waals surface area contributed by atoms with Crippen LogP contribution in [0, 0.1) is 0 Å². The molecule has 0 aliphatic rings. The molecule has 0 aromatic heterocycles. The first-order chi connectivity index (χ1) is 9.49. The van der Waals surface area contributed by atoms with Crippen LogP contribution in [0.15, 0.2) is 23.2 Å². The van der Waals surface area contributed by atoms with Gasteiger partial charge in [-0.25, -0.2) is 0 Å². The van der Waals surface area contributed by atoms with Crippen molar-refractivity contribution in [2.45, 2.75) is 6.42 Å². The maximum atomic E-state index is 5.30. The molecular formula is C15H25N3O2. The molecule has 112 valence electrons. The minimum absolute atomic E-state index is 0.737. The molecule has 0 saturated carbocycles.